The van der Waals surface area contributed by atoms with Gasteiger partial charge in [0.15, 0.2) is 5.76 Å². The Morgan fingerprint density at radius 3 is 2.76 bits per heavy atom. The lowest BCUT2D eigenvalue weighted by Crippen LogP contribution is -2.30. The zero-order valence-electron chi connectivity index (χ0n) is 12.2. The molecule has 3 rings (SSSR count). The Labute approximate surface area is 123 Å². The van der Waals surface area contributed by atoms with Crippen molar-refractivity contribution in [3.63, 3.8) is 0 Å². The maximum Gasteiger partial charge on any atom is 0.254 e. The first kappa shape index (κ1) is 13.7. The largest absolute Gasteiger partial charge is 0.497 e. The predicted molar refractivity (Wildman–Crippen MR) is 77.2 cm³/mol. The molecule has 5 nitrogen and oxygen atoms in total. The van der Waals surface area contributed by atoms with E-state index in [0.717, 1.165) is 36.6 Å². The summed E-state index contributed by atoms with van der Waals surface area (Å²) in [7, 11) is 1.61. The van der Waals surface area contributed by atoms with Crippen LogP contribution in [0.1, 0.15) is 40.7 Å². The molecule has 5 heteroatoms. The van der Waals surface area contributed by atoms with E-state index in [0.29, 0.717) is 5.56 Å². The highest BCUT2D eigenvalue weighted by molar-refractivity contribution is 5.94. The van der Waals surface area contributed by atoms with Crippen molar-refractivity contribution in [2.75, 3.05) is 13.7 Å². The average molecular weight is 286 g/mol. The number of methoxy groups -OCH3 is 1. The second-order valence-corrected chi connectivity index (χ2v) is 5.26. The van der Waals surface area contributed by atoms with Gasteiger partial charge >= 0.3 is 0 Å². The number of carbonyl (C=O) groups is 1. The van der Waals surface area contributed by atoms with E-state index >= 15 is 0 Å². The van der Waals surface area contributed by atoms with Gasteiger partial charge in [-0.3, -0.25) is 4.79 Å². The summed E-state index contributed by atoms with van der Waals surface area (Å²) in [6, 6.07) is 9.09. The van der Waals surface area contributed by atoms with Crippen molar-refractivity contribution in [2.45, 2.75) is 25.8 Å². The van der Waals surface area contributed by atoms with Gasteiger partial charge in [-0.1, -0.05) is 5.16 Å². The second kappa shape index (κ2) is 5.60. The maximum absolute atomic E-state index is 12.7. The van der Waals surface area contributed by atoms with Crippen LogP contribution in [-0.4, -0.2) is 29.6 Å². The van der Waals surface area contributed by atoms with E-state index < -0.39 is 0 Å². The van der Waals surface area contributed by atoms with Crippen LogP contribution < -0.4 is 4.74 Å². The number of aromatic nitrogens is 1. The highest BCUT2D eigenvalue weighted by atomic mass is 16.5. The molecule has 2 heterocycles. The van der Waals surface area contributed by atoms with Crippen LogP contribution in [0.5, 0.6) is 5.75 Å². The summed E-state index contributed by atoms with van der Waals surface area (Å²) in [5.41, 5.74) is 1.51. The van der Waals surface area contributed by atoms with Gasteiger partial charge in [-0.2, -0.15) is 0 Å². The molecule has 1 aromatic carbocycles. The Balaban J connectivity index is 1.82. The SMILES string of the molecule is COc1ccc(C(=O)N2CCC[C@@H]2c2cc(C)no2)cc1. The summed E-state index contributed by atoms with van der Waals surface area (Å²) < 4.78 is 10.5. The summed E-state index contributed by atoms with van der Waals surface area (Å²) in [6.07, 6.45) is 1.89. The summed E-state index contributed by atoms with van der Waals surface area (Å²) in [5, 5.41) is 3.92. The molecule has 1 aliphatic heterocycles. The monoisotopic (exact) mass is 286 g/mol. The Morgan fingerprint density at radius 2 is 2.14 bits per heavy atom. The molecular formula is C16H18N2O3. The van der Waals surface area contributed by atoms with Crippen molar-refractivity contribution in [1.82, 2.24) is 10.1 Å². The molecule has 1 atom stereocenters. The van der Waals surface area contributed by atoms with Crippen LogP contribution in [0.25, 0.3) is 0 Å². The topological polar surface area (TPSA) is 55.6 Å². The Hall–Kier alpha value is -2.30. The Bertz CT molecular complexity index is 633. The molecule has 1 fully saturated rings. The first-order valence-electron chi connectivity index (χ1n) is 7.07. The number of aryl methyl sites for hydroxylation is 1. The quantitative estimate of drug-likeness (QED) is 0.870. The molecule has 0 saturated carbocycles. The van der Waals surface area contributed by atoms with E-state index in [9.17, 15) is 4.79 Å². The van der Waals surface area contributed by atoms with Crippen LogP contribution in [0, 0.1) is 6.92 Å². The average Bonchev–Trinajstić information content (AvgIpc) is 3.15. The minimum atomic E-state index is -0.0131. The molecule has 1 aliphatic rings. The molecule has 0 N–H and O–H groups in total. The summed E-state index contributed by atoms with van der Waals surface area (Å²) in [4.78, 5) is 14.5. The highest BCUT2D eigenvalue weighted by Gasteiger charge is 2.33. The Morgan fingerprint density at radius 1 is 1.38 bits per heavy atom. The molecule has 2 aromatic rings. The van der Waals surface area contributed by atoms with E-state index in [1.165, 1.54) is 0 Å². The predicted octanol–water partition coefficient (Wildman–Crippen LogP) is 2.97. The normalized spacial score (nSPS) is 18.0. The number of benzene rings is 1. The first-order chi connectivity index (χ1) is 10.2. The van der Waals surface area contributed by atoms with E-state index in [2.05, 4.69) is 5.16 Å². The van der Waals surface area contributed by atoms with Crippen molar-refractivity contribution in [2.24, 2.45) is 0 Å². The number of ether oxygens (including phenoxy) is 1. The lowest BCUT2D eigenvalue weighted by Gasteiger charge is -2.22. The number of rotatable bonds is 3. The zero-order valence-corrected chi connectivity index (χ0v) is 12.2. The standard InChI is InChI=1S/C16H18N2O3/c1-11-10-15(21-17-11)14-4-3-9-18(14)16(19)12-5-7-13(20-2)8-6-12/h5-8,10,14H,3-4,9H2,1-2H3/t14-/m1/s1. The van der Waals surface area contributed by atoms with Gasteiger partial charge in [0.25, 0.3) is 5.91 Å². The van der Waals surface area contributed by atoms with Gasteiger partial charge in [0.1, 0.15) is 5.75 Å². The molecule has 21 heavy (non-hydrogen) atoms. The molecule has 0 radical (unpaired) electrons. The smallest absolute Gasteiger partial charge is 0.254 e. The number of carbonyl (C=O) groups excluding carboxylic acids is 1. The number of hydrogen-bond donors (Lipinski definition) is 0. The van der Waals surface area contributed by atoms with Crippen LogP contribution in [0.3, 0.4) is 0 Å². The summed E-state index contributed by atoms with van der Waals surface area (Å²) in [6.45, 7) is 2.63. The third-order valence-electron chi connectivity index (χ3n) is 3.83. The molecule has 0 bridgehead atoms. The van der Waals surface area contributed by atoms with Crippen molar-refractivity contribution in [3.05, 3.63) is 47.3 Å². The molecule has 110 valence electrons. The zero-order chi connectivity index (χ0) is 14.8. The van der Waals surface area contributed by atoms with E-state index in [4.69, 9.17) is 9.26 Å². The highest BCUT2D eigenvalue weighted by Crippen LogP contribution is 2.33. The molecule has 0 aliphatic carbocycles. The molecule has 0 spiro atoms. The molecule has 0 unspecified atom stereocenters. The molecule has 1 amide bonds. The third kappa shape index (κ3) is 2.63. The van der Waals surface area contributed by atoms with Crippen LogP contribution in [0.15, 0.2) is 34.9 Å². The fraction of sp³-hybridized carbons (Fsp3) is 0.375. The third-order valence-corrected chi connectivity index (χ3v) is 3.83. The first-order valence-corrected chi connectivity index (χ1v) is 7.07. The summed E-state index contributed by atoms with van der Waals surface area (Å²) >= 11 is 0. The second-order valence-electron chi connectivity index (χ2n) is 5.26. The van der Waals surface area contributed by atoms with Crippen LogP contribution in [0.2, 0.25) is 0 Å². The van der Waals surface area contributed by atoms with Gasteiger partial charge in [0.2, 0.25) is 0 Å². The molecule has 1 saturated heterocycles. The fourth-order valence-electron chi connectivity index (χ4n) is 2.75. The van der Waals surface area contributed by atoms with Crippen molar-refractivity contribution < 1.29 is 14.1 Å². The van der Waals surface area contributed by atoms with Gasteiger partial charge in [0, 0.05) is 18.2 Å². The van der Waals surface area contributed by atoms with Gasteiger partial charge in [-0.05, 0) is 44.0 Å². The number of nitrogens with zero attached hydrogens (tertiary/aromatic N) is 2. The van der Waals surface area contributed by atoms with Gasteiger partial charge in [-0.25, -0.2) is 0 Å². The van der Waals surface area contributed by atoms with Crippen LogP contribution in [0.4, 0.5) is 0 Å². The van der Waals surface area contributed by atoms with Gasteiger partial charge < -0.3 is 14.2 Å². The van der Waals surface area contributed by atoms with Crippen molar-refractivity contribution >= 4 is 5.91 Å². The lowest BCUT2D eigenvalue weighted by atomic mass is 10.1. The van der Waals surface area contributed by atoms with Gasteiger partial charge in [-0.15, -0.1) is 0 Å². The summed E-state index contributed by atoms with van der Waals surface area (Å²) in [5.74, 6) is 1.54. The Kier molecular flexibility index (Phi) is 3.64. The van der Waals surface area contributed by atoms with E-state index in [-0.39, 0.29) is 11.9 Å². The lowest BCUT2D eigenvalue weighted by molar-refractivity contribution is 0.0714. The number of hydrogen-bond acceptors (Lipinski definition) is 4. The molecule has 1 aromatic heterocycles. The minimum Gasteiger partial charge on any atom is -0.497 e. The van der Waals surface area contributed by atoms with Crippen molar-refractivity contribution in [3.8, 4) is 5.75 Å². The van der Waals surface area contributed by atoms with Crippen LogP contribution >= 0.6 is 0 Å². The van der Waals surface area contributed by atoms with Gasteiger partial charge in [0.05, 0.1) is 18.8 Å². The molecular weight excluding hydrogens is 268 g/mol. The fourth-order valence-corrected chi connectivity index (χ4v) is 2.75. The van der Waals surface area contributed by atoms with Crippen molar-refractivity contribution in [1.29, 1.82) is 0 Å². The van der Waals surface area contributed by atoms with E-state index in [1.54, 1.807) is 31.4 Å². The maximum atomic E-state index is 12.7. The minimum absolute atomic E-state index is 0.0131. The number of likely N-dealkylation sites (tertiary alicyclic amines) is 1. The van der Waals surface area contributed by atoms with Crippen LogP contribution in [-0.2, 0) is 0 Å². The number of amides is 1. The van der Waals surface area contributed by atoms with E-state index in [1.807, 2.05) is 17.9 Å².